The van der Waals surface area contributed by atoms with E-state index in [1.165, 1.54) is 0 Å². The summed E-state index contributed by atoms with van der Waals surface area (Å²) in [5.74, 6) is -0.870. The largest absolute Gasteiger partial charge is 0.458 e. The number of pyridine rings is 1. The lowest BCUT2D eigenvalue weighted by atomic mass is 10.0. The van der Waals surface area contributed by atoms with Gasteiger partial charge in [0.1, 0.15) is 17.3 Å². The maximum Gasteiger partial charge on any atom is 0.329 e. The Hall–Kier alpha value is -1.91. The Morgan fingerprint density at radius 3 is 2.38 bits per heavy atom. The van der Waals surface area contributed by atoms with Crippen molar-refractivity contribution in [2.75, 3.05) is 0 Å². The van der Waals surface area contributed by atoms with Gasteiger partial charge in [0.05, 0.1) is 0 Å². The minimum atomic E-state index is -0.696. The van der Waals surface area contributed by atoms with Crippen molar-refractivity contribution in [3.05, 3.63) is 29.6 Å². The average molecular weight is 292 g/mol. The Morgan fingerprint density at radius 2 is 1.90 bits per heavy atom. The molecule has 116 valence electrons. The third-order valence-electron chi connectivity index (χ3n) is 2.84. The van der Waals surface area contributed by atoms with Crippen LogP contribution in [0.2, 0.25) is 0 Å². The molecule has 1 heterocycles. The third kappa shape index (κ3) is 5.17. The molecule has 5 nitrogen and oxygen atoms in total. The highest BCUT2D eigenvalue weighted by molar-refractivity contribution is 5.96. The first kappa shape index (κ1) is 17.1. The van der Waals surface area contributed by atoms with Crippen molar-refractivity contribution in [1.29, 1.82) is 0 Å². The van der Waals surface area contributed by atoms with Gasteiger partial charge >= 0.3 is 5.97 Å². The molecule has 21 heavy (non-hydrogen) atoms. The van der Waals surface area contributed by atoms with E-state index in [9.17, 15) is 9.59 Å². The number of nitrogens with zero attached hydrogens (tertiary/aromatic N) is 1. The quantitative estimate of drug-likeness (QED) is 0.866. The molecule has 0 saturated carbocycles. The zero-order chi connectivity index (χ0) is 16.2. The lowest BCUT2D eigenvalue weighted by Gasteiger charge is -2.26. The lowest BCUT2D eigenvalue weighted by Crippen LogP contribution is -2.47. The van der Waals surface area contributed by atoms with Crippen LogP contribution in [0.3, 0.4) is 0 Å². The number of rotatable bonds is 4. The van der Waals surface area contributed by atoms with E-state index in [4.69, 9.17) is 4.74 Å². The van der Waals surface area contributed by atoms with E-state index in [1.807, 2.05) is 13.8 Å². The molecule has 5 heteroatoms. The van der Waals surface area contributed by atoms with Gasteiger partial charge in [-0.1, -0.05) is 19.9 Å². The molecular weight excluding hydrogens is 268 g/mol. The van der Waals surface area contributed by atoms with Crippen LogP contribution >= 0.6 is 0 Å². The van der Waals surface area contributed by atoms with E-state index < -0.39 is 17.6 Å². The predicted molar refractivity (Wildman–Crippen MR) is 80.9 cm³/mol. The first-order chi connectivity index (χ1) is 9.61. The second-order valence-electron chi connectivity index (χ2n) is 6.40. The molecule has 0 aromatic carbocycles. The van der Waals surface area contributed by atoms with Crippen LogP contribution in [0.4, 0.5) is 0 Å². The third-order valence-corrected chi connectivity index (χ3v) is 2.84. The van der Waals surface area contributed by atoms with Crippen molar-refractivity contribution in [3.8, 4) is 0 Å². The van der Waals surface area contributed by atoms with Gasteiger partial charge in [-0.2, -0.15) is 0 Å². The molecule has 0 bridgehead atoms. The van der Waals surface area contributed by atoms with E-state index in [0.29, 0.717) is 5.69 Å². The molecule has 1 amide bonds. The van der Waals surface area contributed by atoms with Crippen molar-refractivity contribution in [1.82, 2.24) is 10.3 Å². The Kier molecular flexibility index (Phi) is 5.47. The number of nitrogens with one attached hydrogen (secondary N) is 1. The Labute approximate surface area is 126 Å². The molecule has 1 aromatic rings. The summed E-state index contributed by atoms with van der Waals surface area (Å²) >= 11 is 0. The molecule has 0 aliphatic carbocycles. The van der Waals surface area contributed by atoms with Crippen molar-refractivity contribution in [3.63, 3.8) is 0 Å². The first-order valence-electron chi connectivity index (χ1n) is 7.07. The van der Waals surface area contributed by atoms with Crippen molar-refractivity contribution >= 4 is 11.9 Å². The van der Waals surface area contributed by atoms with Crippen LogP contribution in [0.25, 0.3) is 0 Å². The summed E-state index contributed by atoms with van der Waals surface area (Å²) in [5, 5.41) is 2.72. The van der Waals surface area contributed by atoms with Gasteiger partial charge in [-0.15, -0.1) is 0 Å². The molecule has 1 aromatic heterocycles. The smallest absolute Gasteiger partial charge is 0.329 e. The molecule has 1 rings (SSSR count). The fourth-order valence-corrected chi connectivity index (χ4v) is 1.80. The average Bonchev–Trinajstić information content (AvgIpc) is 2.33. The molecule has 0 aliphatic heterocycles. The van der Waals surface area contributed by atoms with Crippen LogP contribution in [0.15, 0.2) is 18.3 Å². The van der Waals surface area contributed by atoms with Crippen LogP contribution in [-0.4, -0.2) is 28.5 Å². The maximum atomic E-state index is 12.3. The molecule has 0 fully saturated rings. The number of carbonyl (C=O) groups is 2. The summed E-state index contributed by atoms with van der Waals surface area (Å²) < 4.78 is 5.35. The number of hydrogen-bond donors (Lipinski definition) is 1. The number of aryl methyl sites for hydroxylation is 1. The summed E-state index contributed by atoms with van der Waals surface area (Å²) in [6.45, 7) is 10.9. The fourth-order valence-electron chi connectivity index (χ4n) is 1.80. The second kappa shape index (κ2) is 6.70. The Morgan fingerprint density at radius 1 is 1.29 bits per heavy atom. The van der Waals surface area contributed by atoms with Gasteiger partial charge in [0.2, 0.25) is 0 Å². The van der Waals surface area contributed by atoms with Gasteiger partial charge in [0.25, 0.3) is 5.91 Å². The summed E-state index contributed by atoms with van der Waals surface area (Å²) in [7, 11) is 0. The highest BCUT2D eigenvalue weighted by Gasteiger charge is 2.29. The molecule has 0 unspecified atom stereocenters. The SMILES string of the molecule is Cc1cccnc1C(=O)N[C@@H](C(=O)OC(C)(C)C)C(C)C. The highest BCUT2D eigenvalue weighted by atomic mass is 16.6. The zero-order valence-corrected chi connectivity index (χ0v) is 13.6. The minimum Gasteiger partial charge on any atom is -0.458 e. The molecular formula is C16H24N2O3. The van der Waals surface area contributed by atoms with E-state index in [2.05, 4.69) is 10.3 Å². The normalized spacial score (nSPS) is 12.9. The number of esters is 1. The monoisotopic (exact) mass is 292 g/mol. The number of hydrogen-bond acceptors (Lipinski definition) is 4. The zero-order valence-electron chi connectivity index (χ0n) is 13.6. The van der Waals surface area contributed by atoms with E-state index >= 15 is 0 Å². The number of amides is 1. The molecule has 1 atom stereocenters. The molecule has 1 N–H and O–H groups in total. The fraction of sp³-hybridized carbons (Fsp3) is 0.562. The molecule has 0 radical (unpaired) electrons. The van der Waals surface area contributed by atoms with Gasteiger partial charge in [-0.05, 0) is 45.2 Å². The Bertz CT molecular complexity index is 518. The number of ether oxygens (including phenoxy) is 1. The maximum absolute atomic E-state index is 12.3. The highest BCUT2D eigenvalue weighted by Crippen LogP contribution is 2.13. The summed E-state index contributed by atoms with van der Waals surface area (Å²) in [4.78, 5) is 28.5. The van der Waals surface area contributed by atoms with Gasteiger partial charge in [-0.3, -0.25) is 9.78 Å². The van der Waals surface area contributed by atoms with Crippen LogP contribution in [-0.2, 0) is 9.53 Å². The van der Waals surface area contributed by atoms with Crippen LogP contribution in [0.1, 0.15) is 50.7 Å². The standard InChI is InChI=1S/C16H24N2O3/c1-10(2)12(15(20)21-16(4,5)6)18-14(19)13-11(3)8-7-9-17-13/h7-10,12H,1-6H3,(H,18,19)/t12-/m1/s1. The number of carbonyl (C=O) groups excluding carboxylic acids is 2. The topological polar surface area (TPSA) is 68.3 Å². The van der Waals surface area contributed by atoms with Gasteiger partial charge < -0.3 is 10.1 Å². The van der Waals surface area contributed by atoms with Crippen molar-refractivity contribution in [2.24, 2.45) is 5.92 Å². The van der Waals surface area contributed by atoms with E-state index in [1.54, 1.807) is 46.0 Å². The van der Waals surface area contributed by atoms with E-state index in [-0.39, 0.29) is 11.8 Å². The van der Waals surface area contributed by atoms with Gasteiger partial charge in [0, 0.05) is 6.20 Å². The van der Waals surface area contributed by atoms with Gasteiger partial charge in [0.15, 0.2) is 0 Å². The number of aromatic nitrogens is 1. The molecule has 0 spiro atoms. The Balaban J connectivity index is 2.87. The van der Waals surface area contributed by atoms with Crippen molar-refractivity contribution in [2.45, 2.75) is 53.2 Å². The summed E-state index contributed by atoms with van der Waals surface area (Å²) in [5.41, 5.74) is 0.504. The van der Waals surface area contributed by atoms with Crippen molar-refractivity contribution < 1.29 is 14.3 Å². The minimum absolute atomic E-state index is 0.0761. The lowest BCUT2D eigenvalue weighted by molar-refractivity contribution is -0.158. The second-order valence-corrected chi connectivity index (χ2v) is 6.40. The molecule has 0 aliphatic rings. The van der Waals surface area contributed by atoms with E-state index in [0.717, 1.165) is 5.56 Å². The van der Waals surface area contributed by atoms with Crippen LogP contribution in [0.5, 0.6) is 0 Å². The summed E-state index contributed by atoms with van der Waals surface area (Å²) in [6, 6.07) is 2.87. The van der Waals surface area contributed by atoms with Crippen LogP contribution < -0.4 is 5.32 Å². The van der Waals surface area contributed by atoms with Crippen LogP contribution in [0, 0.1) is 12.8 Å². The first-order valence-corrected chi connectivity index (χ1v) is 7.07. The molecule has 0 saturated heterocycles. The van der Waals surface area contributed by atoms with Gasteiger partial charge in [-0.25, -0.2) is 4.79 Å². The summed E-state index contributed by atoms with van der Waals surface area (Å²) in [6.07, 6.45) is 1.56. The predicted octanol–water partition coefficient (Wildman–Crippen LogP) is 2.49.